The van der Waals surface area contributed by atoms with E-state index in [0.717, 1.165) is 4.47 Å². The van der Waals surface area contributed by atoms with Gasteiger partial charge in [-0.1, -0.05) is 34.1 Å². The Balaban J connectivity index is 1.80. The molecule has 0 bridgehead atoms. The Kier molecular flexibility index (Phi) is 10.2. The zero-order chi connectivity index (χ0) is 30.1. The lowest BCUT2D eigenvalue weighted by Gasteiger charge is -2.16. The number of ether oxygens (including phenoxy) is 2. The summed E-state index contributed by atoms with van der Waals surface area (Å²) in [7, 11) is 1.50. The van der Waals surface area contributed by atoms with Gasteiger partial charge in [0.1, 0.15) is 17.4 Å². The molecule has 0 saturated carbocycles. The molecule has 4 N–H and O–H groups in total. The first-order chi connectivity index (χ1) is 20.3. The number of pyridine rings is 1. The van der Waals surface area contributed by atoms with Gasteiger partial charge in [-0.25, -0.2) is 9.78 Å². The van der Waals surface area contributed by atoms with Crippen LogP contribution in [0.2, 0.25) is 0 Å². The smallest absolute Gasteiger partial charge is 0.404 e. The third kappa shape index (κ3) is 7.70. The number of thiophene rings is 1. The van der Waals surface area contributed by atoms with Crippen molar-refractivity contribution >= 4 is 56.7 Å². The number of nitrogens with zero attached hydrogens (tertiary/aromatic N) is 2. The third-order valence-electron chi connectivity index (χ3n) is 5.75. The largest absolute Gasteiger partial charge is 0.467 e. The van der Waals surface area contributed by atoms with E-state index in [0.29, 0.717) is 38.7 Å². The normalized spacial score (nSPS) is 10.4. The van der Waals surface area contributed by atoms with E-state index in [1.54, 1.807) is 60.0 Å². The topological polar surface area (TPSA) is 163 Å². The summed E-state index contributed by atoms with van der Waals surface area (Å²) in [5.41, 5.74) is 2.58. The highest BCUT2D eigenvalue weighted by molar-refractivity contribution is 9.10. The van der Waals surface area contributed by atoms with Gasteiger partial charge in [0.05, 0.1) is 10.6 Å². The Morgan fingerprint density at radius 2 is 1.90 bits per heavy atom. The fourth-order valence-corrected chi connectivity index (χ4v) is 4.87. The second kappa shape index (κ2) is 14.2. The number of rotatable bonds is 11. The number of aromatic nitrogens is 1. The lowest BCUT2D eigenvalue weighted by molar-refractivity contribution is -0.116. The molecule has 0 fully saturated rings. The monoisotopic (exact) mass is 649 g/mol. The van der Waals surface area contributed by atoms with Gasteiger partial charge in [0.15, 0.2) is 12.6 Å². The molecule has 2 aromatic carbocycles. The van der Waals surface area contributed by atoms with Gasteiger partial charge in [-0.2, -0.15) is 5.26 Å². The lowest BCUT2D eigenvalue weighted by atomic mass is 9.97. The van der Waals surface area contributed by atoms with Crippen LogP contribution in [-0.4, -0.2) is 48.4 Å². The van der Waals surface area contributed by atoms with Crippen molar-refractivity contribution in [3.63, 3.8) is 0 Å². The molecule has 0 aliphatic rings. The minimum absolute atomic E-state index is 0.0156. The summed E-state index contributed by atoms with van der Waals surface area (Å²) in [6.45, 7) is -0.0561. The number of hydrogen-bond acceptors (Lipinski definition) is 8. The Bertz CT molecular complexity index is 1650. The van der Waals surface area contributed by atoms with Crippen molar-refractivity contribution in [2.75, 3.05) is 31.1 Å². The average Bonchev–Trinajstić information content (AvgIpc) is 3.51. The number of anilines is 2. The molecule has 4 aromatic rings. The fourth-order valence-electron chi connectivity index (χ4n) is 3.91. The molecule has 0 unspecified atom stereocenters. The van der Waals surface area contributed by atoms with Crippen molar-refractivity contribution < 1.29 is 29.0 Å². The van der Waals surface area contributed by atoms with Gasteiger partial charge in [-0.15, -0.1) is 11.3 Å². The summed E-state index contributed by atoms with van der Waals surface area (Å²) < 4.78 is 11.6. The second-order valence-electron chi connectivity index (χ2n) is 8.62. The van der Waals surface area contributed by atoms with Gasteiger partial charge < -0.3 is 30.5 Å². The maximum Gasteiger partial charge on any atom is 0.404 e. The quantitative estimate of drug-likeness (QED) is 0.145. The van der Waals surface area contributed by atoms with Gasteiger partial charge in [0.2, 0.25) is 5.91 Å². The van der Waals surface area contributed by atoms with Crippen LogP contribution in [0.4, 0.5) is 16.3 Å². The van der Waals surface area contributed by atoms with Crippen LogP contribution in [0.15, 0.2) is 70.5 Å². The molecule has 0 saturated heterocycles. The predicted octanol–water partition coefficient (Wildman–Crippen LogP) is 5.94. The number of carbonyl (C=O) groups excluding carboxylic acids is 2. The second-order valence-corrected chi connectivity index (χ2v) is 10.5. The summed E-state index contributed by atoms with van der Waals surface area (Å²) in [5, 5.41) is 28.4. The van der Waals surface area contributed by atoms with E-state index in [1.807, 2.05) is 6.07 Å². The van der Waals surface area contributed by atoms with Crippen LogP contribution in [0.5, 0.6) is 5.75 Å². The number of nitrogens with one attached hydrogen (secondary N) is 3. The Hall–Kier alpha value is -4.77. The van der Waals surface area contributed by atoms with Crippen LogP contribution in [0, 0.1) is 11.3 Å². The van der Waals surface area contributed by atoms with Crippen molar-refractivity contribution in [3.05, 3.63) is 81.0 Å². The van der Waals surface area contributed by atoms with E-state index >= 15 is 0 Å². The highest BCUT2D eigenvalue weighted by Crippen LogP contribution is 2.38. The van der Waals surface area contributed by atoms with Gasteiger partial charge in [0, 0.05) is 41.4 Å². The summed E-state index contributed by atoms with van der Waals surface area (Å²) in [4.78, 5) is 41.1. The number of halogens is 1. The van der Waals surface area contributed by atoms with Gasteiger partial charge in [-0.3, -0.25) is 9.59 Å². The minimum atomic E-state index is -1.22. The molecule has 11 nitrogen and oxygen atoms in total. The number of nitriles is 1. The first kappa shape index (κ1) is 30.2. The van der Waals surface area contributed by atoms with Gasteiger partial charge in [0.25, 0.3) is 5.91 Å². The molecule has 4 rings (SSSR count). The molecule has 214 valence electrons. The van der Waals surface area contributed by atoms with Gasteiger partial charge in [-0.05, 0) is 53.4 Å². The van der Waals surface area contributed by atoms with Crippen LogP contribution in [0.25, 0.3) is 22.4 Å². The summed E-state index contributed by atoms with van der Waals surface area (Å²) in [6.07, 6.45) is -1.28. The summed E-state index contributed by atoms with van der Waals surface area (Å²) >= 11 is 4.70. The molecule has 3 amide bonds. The fraction of sp³-hybridized carbons (Fsp3) is 0.138. The van der Waals surface area contributed by atoms with Gasteiger partial charge >= 0.3 is 6.09 Å². The SMILES string of the molecule is COCOc1cc(Br)ccc1-c1cc(-c2cccc(NC(=O)CCNC(=O)O)c2)c(C#N)c(NC(=O)c2cccs2)n1. The van der Waals surface area contributed by atoms with Crippen LogP contribution < -0.4 is 20.7 Å². The molecular weight excluding hydrogens is 626 g/mol. The standard InChI is InChI=1S/C29H24BrN5O6S/c1-40-16-41-24-13-18(30)7-8-20(24)23-14-21(22(15-31)27(34-23)35-28(37)25-6-3-11-42-25)17-4-2-5-19(12-17)33-26(36)9-10-32-29(38)39/h2-8,11-14,32H,9-10,16H2,1H3,(H,33,36)(H,38,39)(H,34,35,37). The maximum absolute atomic E-state index is 13.0. The molecule has 0 aliphatic carbocycles. The Labute approximate surface area is 253 Å². The zero-order valence-electron chi connectivity index (χ0n) is 22.1. The van der Waals surface area contributed by atoms with Crippen LogP contribution >= 0.6 is 27.3 Å². The van der Waals surface area contributed by atoms with E-state index in [-0.39, 0.29) is 31.1 Å². The molecular formula is C29H24BrN5O6S. The van der Waals surface area contributed by atoms with Crippen LogP contribution in [-0.2, 0) is 9.53 Å². The summed E-state index contributed by atoms with van der Waals surface area (Å²) in [6, 6.07) is 19.5. The van der Waals surface area contributed by atoms with E-state index in [1.165, 1.54) is 18.4 Å². The van der Waals surface area contributed by atoms with Crippen molar-refractivity contribution in [1.82, 2.24) is 10.3 Å². The van der Waals surface area contributed by atoms with Crippen molar-refractivity contribution in [3.8, 4) is 34.2 Å². The first-order valence-corrected chi connectivity index (χ1v) is 14.0. The highest BCUT2D eigenvalue weighted by Gasteiger charge is 2.20. The number of benzene rings is 2. The van der Waals surface area contributed by atoms with E-state index in [4.69, 9.17) is 14.6 Å². The molecule has 42 heavy (non-hydrogen) atoms. The van der Waals surface area contributed by atoms with Crippen molar-refractivity contribution in [2.45, 2.75) is 6.42 Å². The number of carboxylic acid groups (broad SMARTS) is 1. The highest BCUT2D eigenvalue weighted by atomic mass is 79.9. The van der Waals surface area contributed by atoms with Crippen molar-refractivity contribution in [1.29, 1.82) is 5.26 Å². The summed E-state index contributed by atoms with van der Waals surface area (Å²) in [5.74, 6) is -0.297. The minimum Gasteiger partial charge on any atom is -0.467 e. The van der Waals surface area contributed by atoms with E-state index in [2.05, 4.69) is 42.9 Å². The number of amides is 3. The predicted molar refractivity (Wildman–Crippen MR) is 162 cm³/mol. The van der Waals surface area contributed by atoms with E-state index in [9.17, 15) is 19.6 Å². The molecule has 2 aromatic heterocycles. The molecule has 0 atom stereocenters. The number of methoxy groups -OCH3 is 1. The third-order valence-corrected chi connectivity index (χ3v) is 7.11. The van der Waals surface area contributed by atoms with Crippen LogP contribution in [0.1, 0.15) is 21.7 Å². The van der Waals surface area contributed by atoms with E-state index < -0.39 is 17.9 Å². The number of carbonyl (C=O) groups is 3. The maximum atomic E-state index is 13.0. The molecule has 0 spiro atoms. The first-order valence-electron chi connectivity index (χ1n) is 12.4. The molecule has 0 radical (unpaired) electrons. The molecule has 2 heterocycles. The van der Waals surface area contributed by atoms with Crippen LogP contribution in [0.3, 0.4) is 0 Å². The Morgan fingerprint density at radius 3 is 2.62 bits per heavy atom. The lowest BCUT2D eigenvalue weighted by Crippen LogP contribution is -2.25. The Morgan fingerprint density at radius 1 is 1.07 bits per heavy atom. The van der Waals surface area contributed by atoms with Crippen molar-refractivity contribution in [2.24, 2.45) is 0 Å². The average molecular weight is 651 g/mol. The molecule has 0 aliphatic heterocycles. The number of hydrogen-bond donors (Lipinski definition) is 4. The zero-order valence-corrected chi connectivity index (χ0v) is 24.5. The molecule has 13 heteroatoms.